The van der Waals surface area contributed by atoms with Gasteiger partial charge >= 0.3 is 0 Å². The van der Waals surface area contributed by atoms with Crippen LogP contribution in [0.15, 0.2) is 54.9 Å². The van der Waals surface area contributed by atoms with E-state index in [4.69, 9.17) is 0 Å². The Bertz CT molecular complexity index is 808. The molecular formula is C19H21N3O. The molecular weight excluding hydrogens is 286 g/mol. The SMILES string of the molecule is CCC(CNC(=O)c1cn2ccc(C)cc2n1)c1ccccc1. The number of carbonyl (C=O) groups excluding carboxylic acids is 1. The van der Waals surface area contributed by atoms with Crippen molar-refractivity contribution >= 4 is 11.6 Å². The molecule has 4 nitrogen and oxygen atoms in total. The van der Waals surface area contributed by atoms with Crippen molar-refractivity contribution in [2.45, 2.75) is 26.2 Å². The quantitative estimate of drug-likeness (QED) is 0.783. The van der Waals surface area contributed by atoms with Crippen LogP contribution in [-0.2, 0) is 0 Å². The number of fused-ring (bicyclic) bond motifs is 1. The number of imidazole rings is 1. The molecule has 0 aliphatic carbocycles. The molecule has 0 saturated carbocycles. The lowest BCUT2D eigenvalue weighted by Crippen LogP contribution is -2.28. The third kappa shape index (κ3) is 3.42. The number of pyridine rings is 1. The second-order valence-electron chi connectivity index (χ2n) is 5.82. The molecule has 2 aromatic heterocycles. The van der Waals surface area contributed by atoms with Crippen molar-refractivity contribution in [3.8, 4) is 0 Å². The normalized spacial score (nSPS) is 12.3. The second kappa shape index (κ2) is 6.65. The number of aromatic nitrogens is 2. The van der Waals surface area contributed by atoms with Gasteiger partial charge in [-0.25, -0.2) is 4.98 Å². The van der Waals surface area contributed by atoms with Gasteiger partial charge in [-0.05, 0) is 36.6 Å². The predicted octanol–water partition coefficient (Wildman–Crippen LogP) is 3.57. The van der Waals surface area contributed by atoms with Gasteiger partial charge in [0.2, 0.25) is 0 Å². The Morgan fingerprint density at radius 2 is 2.04 bits per heavy atom. The van der Waals surface area contributed by atoms with Gasteiger partial charge in [0.05, 0.1) is 0 Å². The number of nitrogens with one attached hydrogen (secondary N) is 1. The van der Waals surface area contributed by atoms with E-state index in [0.29, 0.717) is 18.2 Å². The van der Waals surface area contributed by atoms with E-state index in [-0.39, 0.29) is 5.91 Å². The van der Waals surface area contributed by atoms with E-state index in [0.717, 1.165) is 17.6 Å². The molecule has 0 fully saturated rings. The Morgan fingerprint density at radius 1 is 1.26 bits per heavy atom. The Hall–Kier alpha value is -2.62. The highest BCUT2D eigenvalue weighted by atomic mass is 16.1. The molecule has 23 heavy (non-hydrogen) atoms. The van der Waals surface area contributed by atoms with E-state index in [1.54, 1.807) is 6.20 Å². The molecule has 0 spiro atoms. The second-order valence-corrected chi connectivity index (χ2v) is 5.82. The van der Waals surface area contributed by atoms with E-state index in [1.165, 1.54) is 5.56 Å². The summed E-state index contributed by atoms with van der Waals surface area (Å²) in [6.07, 6.45) is 4.68. The molecule has 118 valence electrons. The van der Waals surface area contributed by atoms with Crippen LogP contribution in [0.3, 0.4) is 0 Å². The lowest BCUT2D eigenvalue weighted by atomic mass is 9.96. The zero-order chi connectivity index (χ0) is 16.2. The summed E-state index contributed by atoms with van der Waals surface area (Å²) < 4.78 is 1.87. The minimum atomic E-state index is -0.124. The third-order valence-electron chi connectivity index (χ3n) is 4.12. The molecule has 1 unspecified atom stereocenters. The standard InChI is InChI=1S/C19H21N3O/c1-3-15(16-7-5-4-6-8-16)12-20-19(23)17-13-22-10-9-14(2)11-18(22)21-17/h4-11,13,15H,3,12H2,1-2H3,(H,20,23). The fourth-order valence-electron chi connectivity index (χ4n) is 2.72. The maximum atomic E-state index is 12.4. The van der Waals surface area contributed by atoms with Gasteiger partial charge in [-0.1, -0.05) is 37.3 Å². The molecule has 0 aliphatic rings. The van der Waals surface area contributed by atoms with Crippen molar-refractivity contribution in [2.75, 3.05) is 6.54 Å². The lowest BCUT2D eigenvalue weighted by Gasteiger charge is -2.15. The van der Waals surface area contributed by atoms with Crippen molar-refractivity contribution in [3.63, 3.8) is 0 Å². The van der Waals surface area contributed by atoms with Gasteiger partial charge in [-0.15, -0.1) is 0 Å². The zero-order valence-corrected chi connectivity index (χ0v) is 13.5. The minimum absolute atomic E-state index is 0.124. The topological polar surface area (TPSA) is 46.4 Å². The van der Waals surface area contributed by atoms with Gasteiger partial charge in [-0.3, -0.25) is 4.79 Å². The molecule has 0 aliphatic heterocycles. The van der Waals surface area contributed by atoms with Gasteiger partial charge in [0.25, 0.3) is 5.91 Å². The van der Waals surface area contributed by atoms with Crippen LogP contribution in [0.5, 0.6) is 0 Å². The van der Waals surface area contributed by atoms with Gasteiger partial charge in [0.15, 0.2) is 0 Å². The van der Waals surface area contributed by atoms with Crippen molar-refractivity contribution < 1.29 is 4.79 Å². The summed E-state index contributed by atoms with van der Waals surface area (Å²) in [5, 5.41) is 3.01. The van der Waals surface area contributed by atoms with Crippen molar-refractivity contribution in [1.29, 1.82) is 0 Å². The number of amides is 1. The highest BCUT2D eigenvalue weighted by molar-refractivity contribution is 5.92. The first-order chi connectivity index (χ1) is 11.2. The molecule has 2 heterocycles. The number of carbonyl (C=O) groups is 1. The monoisotopic (exact) mass is 307 g/mol. The van der Waals surface area contributed by atoms with E-state index in [1.807, 2.05) is 47.9 Å². The summed E-state index contributed by atoms with van der Waals surface area (Å²) in [6.45, 7) is 4.77. The molecule has 1 atom stereocenters. The average molecular weight is 307 g/mol. The van der Waals surface area contributed by atoms with Crippen LogP contribution in [0.25, 0.3) is 5.65 Å². The van der Waals surface area contributed by atoms with Gasteiger partial charge in [0.1, 0.15) is 11.3 Å². The molecule has 4 heteroatoms. The van der Waals surface area contributed by atoms with E-state index in [9.17, 15) is 4.79 Å². The van der Waals surface area contributed by atoms with Gasteiger partial charge in [-0.2, -0.15) is 0 Å². The molecule has 1 N–H and O–H groups in total. The minimum Gasteiger partial charge on any atom is -0.350 e. The fraction of sp³-hybridized carbons (Fsp3) is 0.263. The van der Waals surface area contributed by atoms with Crippen LogP contribution in [0, 0.1) is 6.92 Å². The maximum Gasteiger partial charge on any atom is 0.271 e. The van der Waals surface area contributed by atoms with Gasteiger partial charge in [0, 0.05) is 24.9 Å². The summed E-state index contributed by atoms with van der Waals surface area (Å²) in [5.74, 6) is 0.195. The lowest BCUT2D eigenvalue weighted by molar-refractivity contribution is 0.0946. The Balaban J connectivity index is 1.70. The van der Waals surface area contributed by atoms with Crippen molar-refractivity contribution in [2.24, 2.45) is 0 Å². The highest BCUT2D eigenvalue weighted by Gasteiger charge is 2.14. The van der Waals surface area contributed by atoms with Crippen LogP contribution in [0.1, 0.15) is 40.9 Å². The molecule has 3 rings (SSSR count). The van der Waals surface area contributed by atoms with Crippen LogP contribution in [0.2, 0.25) is 0 Å². The molecule has 0 radical (unpaired) electrons. The largest absolute Gasteiger partial charge is 0.350 e. The van der Waals surface area contributed by atoms with Crippen LogP contribution in [-0.4, -0.2) is 21.8 Å². The number of hydrogen-bond acceptors (Lipinski definition) is 2. The zero-order valence-electron chi connectivity index (χ0n) is 13.5. The van der Waals surface area contributed by atoms with E-state index >= 15 is 0 Å². The van der Waals surface area contributed by atoms with Crippen molar-refractivity contribution in [3.05, 3.63) is 71.7 Å². The number of nitrogens with zero attached hydrogens (tertiary/aromatic N) is 2. The Kier molecular flexibility index (Phi) is 4.42. The first-order valence-corrected chi connectivity index (χ1v) is 7.96. The van der Waals surface area contributed by atoms with E-state index < -0.39 is 0 Å². The van der Waals surface area contributed by atoms with Crippen molar-refractivity contribution in [1.82, 2.24) is 14.7 Å². The number of rotatable bonds is 5. The fourth-order valence-corrected chi connectivity index (χ4v) is 2.72. The summed E-state index contributed by atoms with van der Waals surface area (Å²) in [5.41, 5.74) is 3.63. The Labute approximate surface area is 136 Å². The average Bonchev–Trinajstić information content (AvgIpc) is 2.99. The summed E-state index contributed by atoms with van der Waals surface area (Å²) in [4.78, 5) is 16.8. The number of benzene rings is 1. The molecule has 0 bridgehead atoms. The summed E-state index contributed by atoms with van der Waals surface area (Å²) >= 11 is 0. The third-order valence-corrected chi connectivity index (χ3v) is 4.12. The maximum absolute atomic E-state index is 12.4. The molecule has 3 aromatic rings. The molecule has 0 saturated heterocycles. The Morgan fingerprint density at radius 3 is 2.78 bits per heavy atom. The van der Waals surface area contributed by atoms with E-state index in [2.05, 4.69) is 29.4 Å². The van der Waals surface area contributed by atoms with Crippen LogP contribution < -0.4 is 5.32 Å². The summed E-state index contributed by atoms with van der Waals surface area (Å²) in [7, 11) is 0. The smallest absolute Gasteiger partial charge is 0.271 e. The number of hydrogen-bond donors (Lipinski definition) is 1. The molecule has 1 aromatic carbocycles. The molecule has 1 amide bonds. The van der Waals surface area contributed by atoms with Crippen LogP contribution >= 0.6 is 0 Å². The first-order valence-electron chi connectivity index (χ1n) is 7.96. The summed E-state index contributed by atoms with van der Waals surface area (Å²) in [6, 6.07) is 14.2. The van der Waals surface area contributed by atoms with Crippen LogP contribution in [0.4, 0.5) is 0 Å². The van der Waals surface area contributed by atoms with Gasteiger partial charge < -0.3 is 9.72 Å². The number of aryl methyl sites for hydroxylation is 1. The predicted molar refractivity (Wildman–Crippen MR) is 91.7 cm³/mol. The highest BCUT2D eigenvalue weighted by Crippen LogP contribution is 2.18. The first kappa shape index (κ1) is 15.3.